The Bertz CT molecular complexity index is 463. The van der Waals surface area contributed by atoms with E-state index >= 15 is 0 Å². The van der Waals surface area contributed by atoms with Crippen LogP contribution in [0.1, 0.15) is 36.0 Å². The predicted molar refractivity (Wildman–Crippen MR) is 81.2 cm³/mol. The predicted octanol–water partition coefficient (Wildman–Crippen LogP) is 4.37. The summed E-state index contributed by atoms with van der Waals surface area (Å²) in [5.41, 5.74) is 0.418. The lowest BCUT2D eigenvalue weighted by Crippen LogP contribution is -2.45. The summed E-state index contributed by atoms with van der Waals surface area (Å²) in [5.74, 6) is -0.447. The Morgan fingerprint density at radius 3 is 2.74 bits per heavy atom. The van der Waals surface area contributed by atoms with E-state index in [-0.39, 0.29) is 11.7 Å². The van der Waals surface area contributed by atoms with E-state index in [1.165, 1.54) is 18.6 Å². The largest absolute Gasteiger partial charge is 0.336 e. The second-order valence-electron chi connectivity index (χ2n) is 4.75. The second kappa shape index (κ2) is 6.84. The van der Waals surface area contributed by atoms with Gasteiger partial charge in [-0.3, -0.25) is 4.79 Å². The molecule has 0 radical (unpaired) electrons. The third-order valence-electron chi connectivity index (χ3n) is 3.47. The molecule has 0 N–H and O–H groups in total. The third-order valence-corrected chi connectivity index (χ3v) is 4.72. The number of carbonyl (C=O) groups excluding carboxylic acids is 1. The molecular weight excluding hydrogens is 377 g/mol. The first-order valence-corrected chi connectivity index (χ1v) is 8.37. The summed E-state index contributed by atoms with van der Waals surface area (Å²) < 4.78 is 14.0. The zero-order chi connectivity index (χ0) is 13.8. The standard InChI is InChI=1S/C14H16Br2FNO/c15-7-2-8-18(11-3-1-4-11)14(19)12-9-10(17)5-6-13(12)16/h5-6,9,11H,1-4,7-8H2. The SMILES string of the molecule is O=C(c1cc(F)ccc1Br)N(CCCBr)C1CCC1. The van der Waals surface area contributed by atoms with E-state index in [4.69, 9.17) is 0 Å². The molecule has 0 aromatic heterocycles. The molecule has 1 amide bonds. The molecule has 5 heteroatoms. The van der Waals surface area contributed by atoms with Crippen molar-refractivity contribution in [3.8, 4) is 0 Å². The monoisotopic (exact) mass is 391 g/mol. The number of alkyl halides is 1. The zero-order valence-corrected chi connectivity index (χ0v) is 13.7. The average Bonchev–Trinajstić information content (AvgIpc) is 2.34. The zero-order valence-electron chi connectivity index (χ0n) is 10.5. The molecule has 104 valence electrons. The van der Waals surface area contributed by atoms with Crippen molar-refractivity contribution in [1.82, 2.24) is 4.90 Å². The van der Waals surface area contributed by atoms with Crippen molar-refractivity contribution in [3.05, 3.63) is 34.1 Å². The van der Waals surface area contributed by atoms with E-state index in [1.54, 1.807) is 6.07 Å². The van der Waals surface area contributed by atoms with E-state index in [0.717, 1.165) is 31.1 Å². The van der Waals surface area contributed by atoms with Gasteiger partial charge in [-0.25, -0.2) is 4.39 Å². The van der Waals surface area contributed by atoms with Gasteiger partial charge < -0.3 is 4.90 Å². The maximum absolute atomic E-state index is 13.3. The average molecular weight is 393 g/mol. The van der Waals surface area contributed by atoms with Crippen LogP contribution in [-0.2, 0) is 0 Å². The molecule has 0 atom stereocenters. The Hall–Kier alpha value is -0.420. The lowest BCUT2D eigenvalue weighted by molar-refractivity contribution is 0.0579. The van der Waals surface area contributed by atoms with Crippen LogP contribution >= 0.6 is 31.9 Å². The maximum atomic E-state index is 13.3. The van der Waals surface area contributed by atoms with Gasteiger partial charge in [0.1, 0.15) is 5.82 Å². The highest BCUT2D eigenvalue weighted by atomic mass is 79.9. The minimum Gasteiger partial charge on any atom is -0.336 e. The molecule has 1 aromatic rings. The minimum absolute atomic E-state index is 0.0722. The van der Waals surface area contributed by atoms with Crippen LogP contribution in [0.4, 0.5) is 4.39 Å². The van der Waals surface area contributed by atoms with Crippen LogP contribution in [0.5, 0.6) is 0 Å². The fraction of sp³-hybridized carbons (Fsp3) is 0.500. The summed E-state index contributed by atoms with van der Waals surface area (Å²) in [6.45, 7) is 0.720. The van der Waals surface area contributed by atoms with Crippen LogP contribution in [0, 0.1) is 5.82 Å². The molecule has 1 aliphatic rings. The number of nitrogens with zero attached hydrogens (tertiary/aromatic N) is 1. The molecular formula is C14H16Br2FNO. The molecule has 1 aromatic carbocycles. The normalized spacial score (nSPS) is 15.1. The molecule has 2 nitrogen and oxygen atoms in total. The molecule has 0 saturated heterocycles. The van der Waals surface area contributed by atoms with Gasteiger partial charge in [0.05, 0.1) is 5.56 Å². The number of benzene rings is 1. The van der Waals surface area contributed by atoms with Crippen LogP contribution in [0.25, 0.3) is 0 Å². The van der Waals surface area contributed by atoms with Crippen LogP contribution in [-0.4, -0.2) is 28.7 Å². The van der Waals surface area contributed by atoms with Crippen LogP contribution in [0.15, 0.2) is 22.7 Å². The van der Waals surface area contributed by atoms with Gasteiger partial charge in [0.25, 0.3) is 5.91 Å². The van der Waals surface area contributed by atoms with E-state index in [2.05, 4.69) is 31.9 Å². The maximum Gasteiger partial charge on any atom is 0.255 e. The number of rotatable bonds is 5. The van der Waals surface area contributed by atoms with Gasteiger partial charge in [-0.2, -0.15) is 0 Å². The number of amides is 1. The lowest BCUT2D eigenvalue weighted by atomic mass is 9.91. The first kappa shape index (κ1) is 15.0. The molecule has 0 spiro atoms. The topological polar surface area (TPSA) is 20.3 Å². The summed E-state index contributed by atoms with van der Waals surface area (Å²) in [5, 5.41) is 0.869. The van der Waals surface area contributed by atoms with E-state index < -0.39 is 0 Å². The highest BCUT2D eigenvalue weighted by Crippen LogP contribution is 2.28. The molecule has 19 heavy (non-hydrogen) atoms. The van der Waals surface area contributed by atoms with E-state index in [1.807, 2.05) is 4.90 Å². The van der Waals surface area contributed by atoms with Crippen molar-refractivity contribution in [3.63, 3.8) is 0 Å². The molecule has 0 bridgehead atoms. The lowest BCUT2D eigenvalue weighted by Gasteiger charge is -2.37. The van der Waals surface area contributed by atoms with Gasteiger partial charge in [-0.15, -0.1) is 0 Å². The summed E-state index contributed by atoms with van der Waals surface area (Å²) in [6.07, 6.45) is 4.20. The van der Waals surface area contributed by atoms with Crippen molar-refractivity contribution in [1.29, 1.82) is 0 Å². The van der Waals surface area contributed by atoms with Gasteiger partial charge in [0.2, 0.25) is 0 Å². The highest BCUT2D eigenvalue weighted by molar-refractivity contribution is 9.10. The Morgan fingerprint density at radius 2 is 2.16 bits per heavy atom. The van der Waals surface area contributed by atoms with Gasteiger partial charge in [-0.1, -0.05) is 15.9 Å². The molecule has 2 rings (SSSR count). The molecule has 1 saturated carbocycles. The number of halogens is 3. The summed E-state index contributed by atoms with van der Waals surface area (Å²) in [7, 11) is 0. The Morgan fingerprint density at radius 1 is 1.42 bits per heavy atom. The summed E-state index contributed by atoms with van der Waals surface area (Å²) in [4.78, 5) is 14.5. The number of hydrogen-bond acceptors (Lipinski definition) is 1. The summed E-state index contributed by atoms with van der Waals surface area (Å²) in [6, 6.07) is 4.58. The summed E-state index contributed by atoms with van der Waals surface area (Å²) >= 11 is 6.72. The molecule has 0 aliphatic heterocycles. The van der Waals surface area contributed by atoms with Crippen molar-refractivity contribution in [2.24, 2.45) is 0 Å². The molecule has 1 aliphatic carbocycles. The Labute approximate surface area is 129 Å². The fourth-order valence-electron chi connectivity index (χ4n) is 2.19. The van der Waals surface area contributed by atoms with Crippen molar-refractivity contribution < 1.29 is 9.18 Å². The van der Waals surface area contributed by atoms with Gasteiger partial charge in [0.15, 0.2) is 0 Å². The van der Waals surface area contributed by atoms with Crippen molar-refractivity contribution in [2.45, 2.75) is 31.7 Å². The number of hydrogen-bond donors (Lipinski definition) is 0. The van der Waals surface area contributed by atoms with Gasteiger partial charge in [-0.05, 0) is 59.8 Å². The van der Waals surface area contributed by atoms with E-state index in [9.17, 15) is 9.18 Å². The minimum atomic E-state index is -0.374. The number of carbonyl (C=O) groups is 1. The van der Waals surface area contributed by atoms with Crippen LogP contribution in [0.3, 0.4) is 0 Å². The Balaban J connectivity index is 2.19. The van der Waals surface area contributed by atoms with Crippen molar-refractivity contribution >= 4 is 37.8 Å². The smallest absolute Gasteiger partial charge is 0.255 e. The van der Waals surface area contributed by atoms with E-state index in [0.29, 0.717) is 16.1 Å². The first-order chi connectivity index (χ1) is 9.13. The first-order valence-electron chi connectivity index (χ1n) is 6.45. The Kier molecular flexibility index (Phi) is 5.39. The third kappa shape index (κ3) is 3.57. The van der Waals surface area contributed by atoms with Crippen LogP contribution in [0.2, 0.25) is 0 Å². The second-order valence-corrected chi connectivity index (χ2v) is 6.40. The molecule has 0 unspecified atom stereocenters. The van der Waals surface area contributed by atoms with Gasteiger partial charge in [0, 0.05) is 22.4 Å². The molecule has 1 fully saturated rings. The van der Waals surface area contributed by atoms with Crippen LogP contribution < -0.4 is 0 Å². The fourth-order valence-corrected chi connectivity index (χ4v) is 2.86. The quantitative estimate of drug-likeness (QED) is 0.681. The highest BCUT2D eigenvalue weighted by Gasteiger charge is 2.29. The van der Waals surface area contributed by atoms with Crippen molar-refractivity contribution in [2.75, 3.05) is 11.9 Å². The van der Waals surface area contributed by atoms with Gasteiger partial charge >= 0.3 is 0 Å². The molecule has 0 heterocycles.